The van der Waals surface area contributed by atoms with Gasteiger partial charge in [-0.15, -0.1) is 0 Å². The number of aliphatic hydroxyl groups is 24. The Morgan fingerprint density at radius 1 is 0.253 bits per heavy atom. The predicted molar refractivity (Wildman–Crippen MR) is 233 cm³/mol. The van der Waals surface area contributed by atoms with Crippen LogP contribution in [0.2, 0.25) is 0 Å². The lowest BCUT2D eigenvalue weighted by Gasteiger charge is -2.54. The van der Waals surface area contributed by atoms with Crippen molar-refractivity contribution in [1.82, 2.24) is 0 Å². The molecule has 37 heteroatoms. The zero-order valence-corrected chi connectivity index (χ0v) is 41.1. The highest BCUT2D eigenvalue weighted by atomic mass is 16.9. The van der Waals surface area contributed by atoms with E-state index in [0.29, 0.717) is 0 Å². The lowest BCUT2D eigenvalue weighted by molar-refractivity contribution is -0.504. The Hall–Kier alpha value is -1.48. The van der Waals surface area contributed by atoms with Gasteiger partial charge in [-0.05, 0) is 0 Å². The molecule has 0 aromatic rings. The molecule has 7 heterocycles. The Bertz CT molecular complexity index is 1740. The third-order valence-electron chi connectivity index (χ3n) is 14.6. The Morgan fingerprint density at radius 2 is 0.494 bits per heavy atom. The number of aliphatic hydroxyl groups excluding tert-OH is 24. The van der Waals surface area contributed by atoms with Crippen LogP contribution in [0.1, 0.15) is 0 Å². The van der Waals surface area contributed by atoms with Gasteiger partial charge in [0.15, 0.2) is 43.8 Å². The quantitative estimate of drug-likeness (QED) is 0.0534. The molecule has 0 saturated carbocycles. The lowest BCUT2D eigenvalue weighted by atomic mass is 9.94. The number of ether oxygens (including phenoxy) is 13. The molecule has 35 atom stereocenters. The third-order valence-corrected chi connectivity index (χ3v) is 14.6. The maximum Gasteiger partial charge on any atom is 0.314 e. The molecule has 7 rings (SSSR count). The van der Waals surface area contributed by atoms with Crippen LogP contribution in [-0.2, 0) is 61.6 Å². The van der Waals surface area contributed by atoms with Gasteiger partial charge in [0.25, 0.3) is 0 Å². The van der Waals surface area contributed by atoms with Crippen molar-refractivity contribution in [2.45, 2.75) is 215 Å². The van der Waals surface area contributed by atoms with E-state index in [1.54, 1.807) is 0 Å². The molecule has 0 aromatic carbocycles. The monoisotopic (exact) mass is 1170 g/mol. The van der Waals surface area contributed by atoms with Crippen molar-refractivity contribution in [3.8, 4) is 0 Å². The Morgan fingerprint density at radius 3 is 0.772 bits per heavy atom. The Balaban J connectivity index is 1.07. The van der Waals surface area contributed by atoms with E-state index >= 15 is 0 Å². The molecule has 462 valence electrons. The van der Waals surface area contributed by atoms with Gasteiger partial charge in [-0.2, -0.15) is 0 Å². The second kappa shape index (κ2) is 27.3. The fourth-order valence-corrected chi connectivity index (χ4v) is 10.1. The summed E-state index contributed by atoms with van der Waals surface area (Å²) >= 11 is 0. The van der Waals surface area contributed by atoms with Crippen molar-refractivity contribution in [2.24, 2.45) is 0 Å². The van der Waals surface area contributed by atoms with Crippen LogP contribution in [0.3, 0.4) is 0 Å². The third kappa shape index (κ3) is 12.9. The highest BCUT2D eigenvalue weighted by Crippen LogP contribution is 2.42. The van der Waals surface area contributed by atoms with Crippen molar-refractivity contribution in [3.63, 3.8) is 0 Å². The summed E-state index contributed by atoms with van der Waals surface area (Å²) in [4.78, 5) is 0. The first-order chi connectivity index (χ1) is 37.4. The van der Waals surface area contributed by atoms with E-state index in [0.717, 1.165) is 0 Å². The average molecular weight is 1170 g/mol. The summed E-state index contributed by atoms with van der Waals surface area (Å²) in [6.07, 6.45) is -70.6. The predicted octanol–water partition coefficient (Wildman–Crippen LogP) is -17.0. The molecule has 1 unspecified atom stereocenters. The first-order valence-electron chi connectivity index (χ1n) is 24.8. The minimum atomic E-state index is -3.47. The molecule has 7 aliphatic heterocycles. The number of hydrogen-bond donors (Lipinski definition) is 24. The maximum absolute atomic E-state index is 11.6. The van der Waals surface area contributed by atoms with E-state index in [2.05, 4.69) is 0 Å². The molecule has 7 fully saturated rings. The van der Waals surface area contributed by atoms with Crippen LogP contribution in [0, 0.1) is 0 Å². The van der Waals surface area contributed by atoms with Gasteiger partial charge in [-0.1, -0.05) is 0 Å². The molecule has 0 aromatic heterocycles. The van der Waals surface area contributed by atoms with Crippen LogP contribution in [0.5, 0.6) is 0 Å². The Kier molecular flexibility index (Phi) is 22.5. The van der Waals surface area contributed by atoms with Crippen LogP contribution < -0.4 is 0 Å². The summed E-state index contributed by atoms with van der Waals surface area (Å²) in [6, 6.07) is 0. The van der Waals surface area contributed by atoms with Crippen LogP contribution in [-0.4, -0.2) is 383 Å². The maximum atomic E-state index is 11.6. The van der Waals surface area contributed by atoms with Crippen LogP contribution in [0.15, 0.2) is 0 Å². The first kappa shape index (κ1) is 65.1. The highest BCUT2D eigenvalue weighted by molar-refractivity contribution is 5.02. The molecule has 37 nitrogen and oxygen atoms in total. The lowest BCUT2D eigenvalue weighted by Crippen LogP contribution is -2.73. The van der Waals surface area contributed by atoms with E-state index in [4.69, 9.17) is 61.6 Å². The van der Waals surface area contributed by atoms with Crippen LogP contribution in [0.25, 0.3) is 0 Å². The second-order valence-corrected chi connectivity index (χ2v) is 19.7. The van der Waals surface area contributed by atoms with Gasteiger partial charge in [0.1, 0.15) is 165 Å². The van der Waals surface area contributed by atoms with Crippen molar-refractivity contribution >= 4 is 0 Å². The topological polar surface area (TPSA) is 606 Å². The van der Waals surface area contributed by atoms with E-state index in [1.807, 2.05) is 0 Å². The summed E-state index contributed by atoms with van der Waals surface area (Å²) < 4.78 is 72.2. The van der Waals surface area contributed by atoms with Gasteiger partial charge >= 0.3 is 5.97 Å². The van der Waals surface area contributed by atoms with E-state index in [1.165, 1.54) is 0 Å². The highest BCUT2D eigenvalue weighted by Gasteiger charge is 2.64. The molecule has 7 saturated heterocycles. The minimum Gasteiger partial charge on any atom is -0.394 e. The Labute approximate surface area is 444 Å². The van der Waals surface area contributed by atoms with E-state index in [9.17, 15) is 123 Å². The second-order valence-electron chi connectivity index (χ2n) is 19.7. The SMILES string of the molecule is OC[C@H]1OC(O[C@H]2[C@H](O)[C@H](O)[C@H](O[C@H]3[C@H](O)[C@H](O)[C@H](O[C@H]4[C@H](O)[C@H](O)[C@H](O)O[C@@H]4CO)O[C@@H]3CO)O[C@@H]2CO)(O[C@H]2[C@H](O)[C@@H](O)[C@H](O[C@H]3[C@H](O)[C@@H](O)[C@H](O[C@H]4[C@H](O)[C@H](O)[C@@H](O)O[C@@H]4CO)O[C@@H]3CO)O[C@@H]2CO)[C@H](O)[C@@H](O)[C@@H]1O. The summed E-state index contributed by atoms with van der Waals surface area (Å²) in [7, 11) is 0. The van der Waals surface area contributed by atoms with Crippen molar-refractivity contribution in [1.29, 1.82) is 0 Å². The first-order valence-corrected chi connectivity index (χ1v) is 24.8. The minimum absolute atomic E-state index is 0.906. The standard InChI is InChI=1S/C42H72O37/c43-1-8-15(50)22(57)35(64)42(77-8,78-33-13(6-48)71-40(27(62)20(33)55)75-31-11(4-46)69-38(25(60)18(31)53)73-29-9(2-44)67-36(65)23(58)16(29)51)79-34-14(7-49)72-41(28(63)21(34)56)76-32-12(5-47)70-39(26(61)19(32)54)74-30-10(3-45)68-37(66)24(59)17(30)52/h8-41,43-66H,1-7H2/t8-,9-,10-,11-,12-,13-,14-,15-,16-,17-,18-,19-,20-,21-,22+,23+,24+,25-,26+,27-,28+,29-,30-,31-,32-,33-,34-,35-,36+,37-,38+,39+,40+,41+,42?/m1/s1. The zero-order valence-electron chi connectivity index (χ0n) is 41.1. The van der Waals surface area contributed by atoms with Crippen molar-refractivity contribution in [2.75, 3.05) is 46.2 Å². The molecule has 0 aliphatic carbocycles. The molecular weight excluding hydrogens is 1100 g/mol. The number of hydrogen-bond acceptors (Lipinski definition) is 37. The summed E-state index contributed by atoms with van der Waals surface area (Å²) in [6.45, 7) is -7.65. The molecular formula is C42H72O37. The fourth-order valence-electron chi connectivity index (χ4n) is 10.1. The molecule has 7 aliphatic rings. The van der Waals surface area contributed by atoms with Gasteiger partial charge < -0.3 is 184 Å². The van der Waals surface area contributed by atoms with Gasteiger partial charge in [-0.25, -0.2) is 0 Å². The van der Waals surface area contributed by atoms with Gasteiger partial charge in [0, 0.05) is 0 Å². The average Bonchev–Trinajstić information content (AvgIpc) is 3.49. The van der Waals surface area contributed by atoms with Crippen molar-refractivity contribution in [3.05, 3.63) is 0 Å². The smallest absolute Gasteiger partial charge is 0.314 e. The van der Waals surface area contributed by atoms with Gasteiger partial charge in [0.2, 0.25) is 0 Å². The molecule has 0 spiro atoms. The van der Waals surface area contributed by atoms with E-state index in [-0.39, 0.29) is 0 Å². The largest absolute Gasteiger partial charge is 0.394 e. The van der Waals surface area contributed by atoms with E-state index < -0.39 is 261 Å². The molecule has 79 heavy (non-hydrogen) atoms. The molecule has 0 amide bonds. The molecule has 24 N–H and O–H groups in total. The normalized spacial score (nSPS) is 53.9. The number of rotatable bonds is 19. The van der Waals surface area contributed by atoms with Gasteiger partial charge in [0.05, 0.1) is 46.2 Å². The zero-order chi connectivity index (χ0) is 58.3. The van der Waals surface area contributed by atoms with Gasteiger partial charge in [-0.3, -0.25) is 0 Å². The summed E-state index contributed by atoms with van der Waals surface area (Å²) in [5.74, 6) is -3.47. The van der Waals surface area contributed by atoms with Crippen molar-refractivity contribution < 1.29 is 184 Å². The summed E-state index contributed by atoms with van der Waals surface area (Å²) in [5, 5.41) is 256. The molecule has 0 bridgehead atoms. The van der Waals surface area contributed by atoms with Crippen LogP contribution >= 0.6 is 0 Å². The molecule has 0 radical (unpaired) electrons. The fraction of sp³-hybridized carbons (Fsp3) is 1.00. The van der Waals surface area contributed by atoms with Crippen LogP contribution in [0.4, 0.5) is 0 Å². The summed E-state index contributed by atoms with van der Waals surface area (Å²) in [5.41, 5.74) is 0.